The Morgan fingerprint density at radius 1 is 1.03 bits per heavy atom. The number of allylic oxidation sites excluding steroid dienone is 3. The molecule has 0 aromatic carbocycles. The lowest BCUT2D eigenvalue weighted by Gasteiger charge is -2.56. The Bertz CT molecular complexity index is 740. The van der Waals surface area contributed by atoms with Crippen LogP contribution in [0.25, 0.3) is 0 Å². The summed E-state index contributed by atoms with van der Waals surface area (Å²) in [6.07, 6.45) is 29.0. The summed E-state index contributed by atoms with van der Waals surface area (Å²) in [5.41, 5.74) is 2.15. The fraction of sp³-hybridized carbons (Fsp3) is 0.806. The van der Waals surface area contributed by atoms with E-state index < -0.39 is 5.60 Å². The Labute approximate surface area is 198 Å². The Hall–Kier alpha value is -1.00. The monoisotopic (exact) mass is 436 g/mol. The standard InChI is InChI=1S/C31H48O/c1-5-7-8-9-10-11-12-13-14-24-21-23(3)22-25-15-16-26-27(29(24)25)17-19-30(4)28(26)18-20-31(30,32)6-2/h2,22,24,26-29,32H,3,5,7-21H2,1,4H3/t24?,26-,27+,28+,29+,30+,31+/m1/s1. The molecule has 7 atom stereocenters. The van der Waals surface area contributed by atoms with E-state index in [1.807, 2.05) is 0 Å². The molecule has 0 amide bonds. The smallest absolute Gasteiger partial charge is 0.130 e. The van der Waals surface area contributed by atoms with Crippen molar-refractivity contribution in [1.29, 1.82) is 0 Å². The molecule has 1 N–H and O–H groups in total. The van der Waals surface area contributed by atoms with Crippen LogP contribution in [0, 0.1) is 47.3 Å². The number of aliphatic hydroxyl groups is 1. The maximum Gasteiger partial charge on any atom is 0.130 e. The molecule has 4 aliphatic rings. The maximum absolute atomic E-state index is 11.2. The van der Waals surface area contributed by atoms with Gasteiger partial charge in [0.2, 0.25) is 0 Å². The molecule has 0 aliphatic heterocycles. The molecule has 0 spiro atoms. The van der Waals surface area contributed by atoms with Gasteiger partial charge in [0, 0.05) is 5.41 Å². The molecule has 4 rings (SSSR count). The fourth-order valence-corrected chi connectivity index (χ4v) is 8.63. The van der Waals surface area contributed by atoms with Crippen LogP contribution in [0.1, 0.15) is 117 Å². The molecule has 0 aromatic heterocycles. The van der Waals surface area contributed by atoms with Crippen molar-refractivity contribution in [3.05, 3.63) is 23.8 Å². The van der Waals surface area contributed by atoms with Gasteiger partial charge in [0.15, 0.2) is 0 Å². The highest BCUT2D eigenvalue weighted by Gasteiger charge is 2.62. The topological polar surface area (TPSA) is 20.2 Å². The van der Waals surface area contributed by atoms with E-state index in [-0.39, 0.29) is 5.41 Å². The Morgan fingerprint density at radius 3 is 2.47 bits per heavy atom. The quantitative estimate of drug-likeness (QED) is 0.285. The van der Waals surface area contributed by atoms with Gasteiger partial charge in [-0.15, -0.1) is 6.42 Å². The van der Waals surface area contributed by atoms with E-state index in [2.05, 4.69) is 32.4 Å². The Kier molecular flexibility index (Phi) is 7.61. The van der Waals surface area contributed by atoms with Gasteiger partial charge in [-0.1, -0.05) is 94.9 Å². The lowest BCUT2D eigenvalue weighted by Crippen LogP contribution is -2.52. The van der Waals surface area contributed by atoms with Gasteiger partial charge in [-0.3, -0.25) is 0 Å². The molecule has 0 bridgehead atoms. The predicted molar refractivity (Wildman–Crippen MR) is 136 cm³/mol. The van der Waals surface area contributed by atoms with E-state index in [0.29, 0.717) is 5.92 Å². The molecule has 1 heteroatoms. The first kappa shape index (κ1) is 24.1. The van der Waals surface area contributed by atoms with E-state index in [4.69, 9.17) is 6.42 Å². The van der Waals surface area contributed by atoms with Crippen LogP contribution < -0.4 is 0 Å². The first-order valence-corrected chi connectivity index (χ1v) is 14.0. The molecular formula is C31H48O. The van der Waals surface area contributed by atoms with Gasteiger partial charge in [0.1, 0.15) is 5.60 Å². The summed E-state index contributed by atoms with van der Waals surface area (Å²) in [4.78, 5) is 0. The first-order valence-electron chi connectivity index (χ1n) is 14.0. The van der Waals surface area contributed by atoms with Crippen molar-refractivity contribution < 1.29 is 5.11 Å². The number of unbranched alkanes of at least 4 members (excludes halogenated alkanes) is 7. The largest absolute Gasteiger partial charge is 0.377 e. The second kappa shape index (κ2) is 10.1. The maximum atomic E-state index is 11.2. The third kappa shape index (κ3) is 4.39. The van der Waals surface area contributed by atoms with Gasteiger partial charge >= 0.3 is 0 Å². The number of terminal acetylenes is 1. The van der Waals surface area contributed by atoms with Crippen molar-refractivity contribution in [3.8, 4) is 12.3 Å². The molecule has 0 heterocycles. The van der Waals surface area contributed by atoms with Crippen LogP contribution in [0.2, 0.25) is 0 Å². The summed E-state index contributed by atoms with van der Waals surface area (Å²) in [7, 11) is 0. The van der Waals surface area contributed by atoms with Gasteiger partial charge in [0.25, 0.3) is 0 Å². The summed E-state index contributed by atoms with van der Waals surface area (Å²) in [6, 6.07) is 0. The highest BCUT2D eigenvalue weighted by atomic mass is 16.3. The van der Waals surface area contributed by atoms with Crippen LogP contribution in [-0.4, -0.2) is 10.7 Å². The molecule has 32 heavy (non-hydrogen) atoms. The molecular weight excluding hydrogens is 388 g/mol. The summed E-state index contributed by atoms with van der Waals surface area (Å²) in [5, 5.41) is 11.2. The van der Waals surface area contributed by atoms with Crippen molar-refractivity contribution in [2.24, 2.45) is 35.0 Å². The highest BCUT2D eigenvalue weighted by molar-refractivity contribution is 5.32. The van der Waals surface area contributed by atoms with Crippen LogP contribution in [0.4, 0.5) is 0 Å². The number of rotatable bonds is 9. The molecule has 4 aliphatic carbocycles. The van der Waals surface area contributed by atoms with Crippen LogP contribution >= 0.6 is 0 Å². The number of hydrogen-bond acceptors (Lipinski definition) is 1. The van der Waals surface area contributed by atoms with E-state index in [0.717, 1.165) is 42.9 Å². The first-order chi connectivity index (χ1) is 15.4. The van der Waals surface area contributed by atoms with Crippen molar-refractivity contribution in [2.75, 3.05) is 0 Å². The third-order valence-electron chi connectivity index (χ3n) is 10.4. The zero-order valence-electron chi connectivity index (χ0n) is 21.0. The molecule has 0 aromatic rings. The van der Waals surface area contributed by atoms with E-state index in [1.54, 1.807) is 5.57 Å². The Morgan fingerprint density at radius 2 is 1.75 bits per heavy atom. The molecule has 1 nitrogen and oxygen atoms in total. The minimum atomic E-state index is -0.879. The van der Waals surface area contributed by atoms with Crippen molar-refractivity contribution in [1.82, 2.24) is 0 Å². The van der Waals surface area contributed by atoms with E-state index >= 15 is 0 Å². The lowest BCUT2D eigenvalue weighted by atomic mass is 9.49. The molecule has 0 radical (unpaired) electrons. The molecule has 3 saturated carbocycles. The predicted octanol–water partition coefficient (Wildman–Crippen LogP) is 8.24. The second-order valence-corrected chi connectivity index (χ2v) is 12.1. The van der Waals surface area contributed by atoms with Gasteiger partial charge in [-0.2, -0.15) is 0 Å². The highest BCUT2D eigenvalue weighted by Crippen LogP contribution is 2.65. The number of fused-ring (bicyclic) bond motifs is 5. The van der Waals surface area contributed by atoms with Gasteiger partial charge in [-0.05, 0) is 81.0 Å². The zero-order chi connectivity index (χ0) is 22.8. The van der Waals surface area contributed by atoms with Gasteiger partial charge < -0.3 is 5.11 Å². The normalized spacial score (nSPS) is 40.8. The van der Waals surface area contributed by atoms with Crippen LogP contribution in [0.15, 0.2) is 23.8 Å². The van der Waals surface area contributed by atoms with Crippen molar-refractivity contribution in [3.63, 3.8) is 0 Å². The average Bonchev–Trinajstić information content (AvgIpc) is 3.06. The van der Waals surface area contributed by atoms with Crippen LogP contribution in [-0.2, 0) is 0 Å². The van der Waals surface area contributed by atoms with E-state index in [9.17, 15) is 5.11 Å². The summed E-state index contributed by atoms with van der Waals surface area (Å²) >= 11 is 0. The van der Waals surface area contributed by atoms with E-state index in [1.165, 1.54) is 89.0 Å². The summed E-state index contributed by atoms with van der Waals surface area (Å²) in [6.45, 7) is 9.02. The van der Waals surface area contributed by atoms with Crippen LogP contribution in [0.3, 0.4) is 0 Å². The summed E-state index contributed by atoms with van der Waals surface area (Å²) in [5.74, 6) is 6.57. The molecule has 0 saturated heterocycles. The third-order valence-corrected chi connectivity index (χ3v) is 10.4. The molecule has 1 unspecified atom stereocenters. The van der Waals surface area contributed by atoms with Crippen molar-refractivity contribution >= 4 is 0 Å². The fourth-order valence-electron chi connectivity index (χ4n) is 8.63. The lowest BCUT2D eigenvalue weighted by molar-refractivity contribution is -0.0898. The average molecular weight is 437 g/mol. The minimum absolute atomic E-state index is 0.0737. The Balaban J connectivity index is 1.39. The van der Waals surface area contributed by atoms with Crippen molar-refractivity contribution in [2.45, 2.75) is 122 Å². The van der Waals surface area contributed by atoms with Gasteiger partial charge in [0.05, 0.1) is 0 Å². The SMILES string of the molecule is C#C[C@]1(O)CC[C@H]2[C@@H]3CCC4=CC(=C)CC(CCCCCCCCCC)[C@@H]4[C@H]3CC[C@@]21C. The van der Waals surface area contributed by atoms with Crippen LogP contribution in [0.5, 0.6) is 0 Å². The second-order valence-electron chi connectivity index (χ2n) is 12.1. The summed E-state index contributed by atoms with van der Waals surface area (Å²) < 4.78 is 0. The molecule has 3 fully saturated rings. The van der Waals surface area contributed by atoms with Gasteiger partial charge in [-0.25, -0.2) is 0 Å². The zero-order valence-corrected chi connectivity index (χ0v) is 21.0. The molecule has 178 valence electrons. The number of hydrogen-bond donors (Lipinski definition) is 1. The minimum Gasteiger partial charge on any atom is -0.377 e.